The van der Waals surface area contributed by atoms with E-state index in [9.17, 15) is 33.6 Å². The SMILES string of the molecule is COC(=O)[C@H](COC(=O)c1ccc2c(c1)C(=O)c1ccccc1C2=O)NC(=O)C(C)(C)NC(=O)CNC(=O)OC(C)(C)C. The van der Waals surface area contributed by atoms with E-state index >= 15 is 0 Å². The normalized spacial score (nSPS) is 13.1. The van der Waals surface area contributed by atoms with E-state index in [4.69, 9.17) is 14.2 Å². The van der Waals surface area contributed by atoms with Crippen LogP contribution >= 0.6 is 0 Å². The Labute approximate surface area is 247 Å². The van der Waals surface area contributed by atoms with E-state index in [0.29, 0.717) is 0 Å². The number of carbonyl (C=O) groups is 7. The van der Waals surface area contributed by atoms with Gasteiger partial charge in [-0.05, 0) is 52.8 Å². The number of ether oxygens (including phenoxy) is 3. The molecule has 0 aromatic heterocycles. The van der Waals surface area contributed by atoms with Crippen molar-refractivity contribution in [3.05, 3.63) is 70.3 Å². The summed E-state index contributed by atoms with van der Waals surface area (Å²) >= 11 is 0. The second kappa shape index (κ2) is 12.8. The summed E-state index contributed by atoms with van der Waals surface area (Å²) in [5, 5.41) is 7.07. The number of hydrogen-bond acceptors (Lipinski definition) is 10. The van der Waals surface area contributed by atoms with E-state index in [1.54, 1.807) is 39.0 Å². The topological polar surface area (TPSA) is 183 Å². The van der Waals surface area contributed by atoms with Crippen LogP contribution in [0.1, 0.15) is 76.8 Å². The van der Waals surface area contributed by atoms with Crippen LogP contribution in [-0.4, -0.2) is 78.9 Å². The number of ketones is 2. The largest absolute Gasteiger partial charge is 0.467 e. The van der Waals surface area contributed by atoms with E-state index < -0.39 is 66.0 Å². The Morgan fingerprint density at radius 1 is 0.837 bits per heavy atom. The van der Waals surface area contributed by atoms with E-state index in [1.807, 2.05) is 0 Å². The second-order valence-corrected chi connectivity index (χ2v) is 11.1. The van der Waals surface area contributed by atoms with Gasteiger partial charge in [-0.1, -0.05) is 24.3 Å². The molecule has 228 valence electrons. The maximum atomic E-state index is 13.0. The first-order valence-corrected chi connectivity index (χ1v) is 13.2. The highest BCUT2D eigenvalue weighted by molar-refractivity contribution is 6.28. The summed E-state index contributed by atoms with van der Waals surface area (Å²) < 4.78 is 15.0. The van der Waals surface area contributed by atoms with E-state index in [2.05, 4.69) is 16.0 Å². The lowest BCUT2D eigenvalue weighted by molar-refractivity contribution is -0.147. The smallest absolute Gasteiger partial charge is 0.408 e. The van der Waals surface area contributed by atoms with E-state index in [-0.39, 0.29) is 33.6 Å². The molecule has 2 aromatic rings. The number of alkyl carbamates (subject to hydrolysis) is 1. The van der Waals surface area contributed by atoms with Gasteiger partial charge < -0.3 is 30.2 Å². The van der Waals surface area contributed by atoms with Gasteiger partial charge >= 0.3 is 18.0 Å². The van der Waals surface area contributed by atoms with Crippen molar-refractivity contribution in [2.45, 2.75) is 51.8 Å². The quantitative estimate of drug-likeness (QED) is 0.243. The number of rotatable bonds is 9. The molecule has 0 unspecified atom stereocenters. The van der Waals surface area contributed by atoms with Crippen molar-refractivity contribution in [3.63, 3.8) is 0 Å². The van der Waals surface area contributed by atoms with Crippen LogP contribution in [-0.2, 0) is 28.6 Å². The van der Waals surface area contributed by atoms with Crippen molar-refractivity contribution in [1.82, 2.24) is 16.0 Å². The molecule has 13 heteroatoms. The molecule has 2 aromatic carbocycles. The second-order valence-electron chi connectivity index (χ2n) is 11.1. The average Bonchev–Trinajstić information content (AvgIpc) is 2.94. The van der Waals surface area contributed by atoms with Gasteiger partial charge in [0.05, 0.1) is 12.7 Å². The molecule has 0 saturated heterocycles. The third-order valence-corrected chi connectivity index (χ3v) is 6.14. The third-order valence-electron chi connectivity index (χ3n) is 6.14. The zero-order valence-corrected chi connectivity index (χ0v) is 24.6. The molecule has 0 aliphatic heterocycles. The lowest BCUT2D eigenvalue weighted by atomic mass is 9.83. The molecule has 0 saturated carbocycles. The first-order chi connectivity index (χ1) is 20.0. The van der Waals surface area contributed by atoms with Crippen molar-refractivity contribution in [2.24, 2.45) is 0 Å². The van der Waals surface area contributed by atoms with Gasteiger partial charge in [-0.3, -0.25) is 19.2 Å². The summed E-state index contributed by atoms with van der Waals surface area (Å²) in [6, 6.07) is 8.80. The number of methoxy groups -OCH3 is 1. The highest BCUT2D eigenvalue weighted by Crippen LogP contribution is 2.28. The fraction of sp³-hybridized carbons (Fsp3) is 0.367. The first kappa shape index (κ1) is 32.4. The van der Waals surface area contributed by atoms with E-state index in [0.717, 1.165) is 7.11 Å². The van der Waals surface area contributed by atoms with Gasteiger partial charge in [0, 0.05) is 22.3 Å². The van der Waals surface area contributed by atoms with Gasteiger partial charge in [-0.25, -0.2) is 14.4 Å². The van der Waals surface area contributed by atoms with Gasteiger partial charge in [0.15, 0.2) is 17.6 Å². The van der Waals surface area contributed by atoms with E-state index in [1.165, 1.54) is 38.1 Å². The maximum absolute atomic E-state index is 13.0. The Hall–Kier alpha value is -5.07. The van der Waals surface area contributed by atoms with Crippen molar-refractivity contribution < 1.29 is 47.8 Å². The minimum atomic E-state index is -1.56. The molecule has 3 rings (SSSR count). The number of amides is 3. The van der Waals surface area contributed by atoms with Gasteiger partial charge in [0.2, 0.25) is 11.8 Å². The number of fused-ring (bicyclic) bond motifs is 2. The zero-order valence-electron chi connectivity index (χ0n) is 24.6. The average molecular weight is 596 g/mol. The Balaban J connectivity index is 1.63. The zero-order chi connectivity index (χ0) is 32.1. The summed E-state index contributed by atoms with van der Waals surface area (Å²) in [6.07, 6.45) is -0.822. The molecule has 0 bridgehead atoms. The summed E-state index contributed by atoms with van der Waals surface area (Å²) in [5.74, 6) is -4.17. The molecular weight excluding hydrogens is 562 g/mol. The minimum Gasteiger partial charge on any atom is -0.467 e. The molecule has 0 spiro atoms. The Bertz CT molecular complexity index is 1490. The van der Waals surface area contributed by atoms with Gasteiger partial charge in [-0.2, -0.15) is 0 Å². The number of nitrogens with one attached hydrogen (secondary N) is 3. The molecule has 13 nitrogen and oxygen atoms in total. The lowest BCUT2D eigenvalue weighted by Crippen LogP contribution is -2.60. The van der Waals surface area contributed by atoms with Crippen LogP contribution in [0.4, 0.5) is 4.79 Å². The lowest BCUT2D eigenvalue weighted by Gasteiger charge is -2.27. The molecular formula is C30H33N3O10. The molecule has 43 heavy (non-hydrogen) atoms. The Morgan fingerprint density at radius 2 is 1.42 bits per heavy atom. The number of benzene rings is 2. The van der Waals surface area contributed by atoms with Gasteiger partial charge in [0.25, 0.3) is 0 Å². The fourth-order valence-corrected chi connectivity index (χ4v) is 4.03. The van der Waals surface area contributed by atoms with Crippen molar-refractivity contribution in [3.8, 4) is 0 Å². The summed E-state index contributed by atoms with van der Waals surface area (Å²) in [6.45, 7) is 6.56. The van der Waals surface area contributed by atoms with Gasteiger partial charge in [0.1, 0.15) is 24.3 Å². The molecule has 3 N–H and O–H groups in total. The molecule has 1 aliphatic carbocycles. The van der Waals surface area contributed by atoms with Crippen LogP contribution in [0, 0.1) is 0 Å². The van der Waals surface area contributed by atoms with Crippen LogP contribution < -0.4 is 16.0 Å². The predicted octanol–water partition coefficient (Wildman–Crippen LogP) is 1.70. The molecule has 1 atom stereocenters. The summed E-state index contributed by atoms with van der Waals surface area (Å²) in [4.78, 5) is 88.0. The minimum absolute atomic E-state index is 0.0367. The van der Waals surface area contributed by atoms with Crippen molar-refractivity contribution in [1.29, 1.82) is 0 Å². The summed E-state index contributed by atoms with van der Waals surface area (Å²) in [7, 11) is 1.07. The van der Waals surface area contributed by atoms with Crippen LogP contribution in [0.15, 0.2) is 42.5 Å². The highest BCUT2D eigenvalue weighted by Gasteiger charge is 2.35. The van der Waals surface area contributed by atoms with Crippen molar-refractivity contribution >= 4 is 41.4 Å². The Kier molecular flexibility index (Phi) is 9.69. The van der Waals surface area contributed by atoms with Gasteiger partial charge in [-0.15, -0.1) is 0 Å². The number of hydrogen-bond donors (Lipinski definition) is 3. The maximum Gasteiger partial charge on any atom is 0.408 e. The standard InChI is InChI=1S/C30H33N3O10/c1-29(2,3)43-28(40)31-14-22(34)33-30(4,5)27(39)32-21(26(38)41-6)15-42-25(37)16-11-12-19-20(13-16)24(36)18-10-8-7-9-17(18)23(19)35/h7-13,21H,14-15H2,1-6H3,(H,31,40)(H,32,39)(H,33,34)/t21-/m0/s1. The van der Waals surface area contributed by atoms with Crippen LogP contribution in [0.5, 0.6) is 0 Å². The monoisotopic (exact) mass is 595 g/mol. The molecule has 0 heterocycles. The molecule has 3 amide bonds. The van der Waals surface area contributed by atoms with Crippen LogP contribution in [0.25, 0.3) is 0 Å². The Morgan fingerprint density at radius 3 is 2.00 bits per heavy atom. The molecule has 0 radical (unpaired) electrons. The molecule has 1 aliphatic rings. The van der Waals surface area contributed by atoms with Crippen LogP contribution in [0.2, 0.25) is 0 Å². The first-order valence-electron chi connectivity index (χ1n) is 13.2. The number of esters is 2. The third kappa shape index (κ3) is 8.03. The number of carbonyl (C=O) groups excluding carboxylic acids is 7. The highest BCUT2D eigenvalue weighted by atomic mass is 16.6. The van der Waals surface area contributed by atoms with Crippen molar-refractivity contribution in [2.75, 3.05) is 20.3 Å². The fourth-order valence-electron chi connectivity index (χ4n) is 4.03. The predicted molar refractivity (Wildman–Crippen MR) is 150 cm³/mol. The van der Waals surface area contributed by atoms with Crippen LogP contribution in [0.3, 0.4) is 0 Å². The summed E-state index contributed by atoms with van der Waals surface area (Å²) in [5.41, 5.74) is -1.72. The molecule has 0 fully saturated rings.